The molecule has 6 heteroatoms. The zero-order chi connectivity index (χ0) is 14.3. The summed E-state index contributed by atoms with van der Waals surface area (Å²) in [4.78, 5) is 19.9. The van der Waals surface area contributed by atoms with Crippen molar-refractivity contribution in [3.05, 3.63) is 11.8 Å². The van der Waals surface area contributed by atoms with Crippen molar-refractivity contribution in [2.24, 2.45) is 0 Å². The van der Waals surface area contributed by atoms with Crippen LogP contribution in [0.4, 0.5) is 5.95 Å². The number of hydrogen-bond donors (Lipinski definition) is 2. The number of carbonyl (C=O) groups excluding carboxylic acids is 1. The Balaban J connectivity index is 2.57. The minimum atomic E-state index is -0.0710. The van der Waals surface area contributed by atoms with E-state index in [0.717, 1.165) is 12.1 Å². The highest BCUT2D eigenvalue weighted by Crippen LogP contribution is 2.13. The third-order valence-corrected chi connectivity index (χ3v) is 2.17. The molecule has 106 valence electrons. The molecule has 0 aliphatic carbocycles. The second kappa shape index (κ2) is 7.56. The third kappa shape index (κ3) is 6.03. The maximum atomic E-state index is 11.5. The number of hydrogen-bond acceptors (Lipinski definition) is 5. The predicted octanol–water partition coefficient (Wildman–Crippen LogP) is 1.51. The number of amides is 1. The summed E-state index contributed by atoms with van der Waals surface area (Å²) in [7, 11) is 0. The first-order chi connectivity index (χ1) is 9.01. The van der Waals surface area contributed by atoms with Crippen LogP contribution in [-0.2, 0) is 4.79 Å². The number of aromatic nitrogens is 2. The van der Waals surface area contributed by atoms with Crippen molar-refractivity contribution in [3.63, 3.8) is 0 Å². The van der Waals surface area contributed by atoms with Gasteiger partial charge in [0.2, 0.25) is 17.7 Å². The molecule has 1 aromatic rings. The summed E-state index contributed by atoms with van der Waals surface area (Å²) in [5.74, 6) is 0.847. The van der Waals surface area contributed by atoms with Crippen molar-refractivity contribution in [1.29, 1.82) is 0 Å². The first-order valence-corrected chi connectivity index (χ1v) is 6.54. The Labute approximate surface area is 114 Å². The molecule has 1 amide bonds. The normalized spacial score (nSPS) is 10.4. The summed E-state index contributed by atoms with van der Waals surface area (Å²) < 4.78 is 5.52. The molecule has 0 aliphatic heterocycles. The predicted molar refractivity (Wildman–Crippen MR) is 74.3 cm³/mol. The Bertz CT molecular complexity index is 421. The summed E-state index contributed by atoms with van der Waals surface area (Å²) >= 11 is 0. The molecule has 0 radical (unpaired) electrons. The van der Waals surface area contributed by atoms with E-state index in [9.17, 15) is 4.79 Å². The van der Waals surface area contributed by atoms with Gasteiger partial charge in [-0.05, 0) is 27.2 Å². The number of carbonyl (C=O) groups is 1. The molecular weight excluding hydrogens is 244 g/mol. The molecule has 0 bridgehead atoms. The lowest BCUT2D eigenvalue weighted by Crippen LogP contribution is -2.30. The lowest BCUT2D eigenvalue weighted by molar-refractivity contribution is -0.119. The fraction of sp³-hybridized carbons (Fsp3) is 0.615. The standard InChI is InChI=1S/C13H22N4O2/c1-5-6-14-11(18)8-15-13-16-10(4)7-12(17-13)19-9(2)3/h7,9H,5-6,8H2,1-4H3,(H,14,18)(H,15,16,17). The number of anilines is 1. The second-order valence-corrected chi connectivity index (χ2v) is 4.54. The number of rotatable bonds is 7. The molecule has 0 saturated heterocycles. The first-order valence-electron chi connectivity index (χ1n) is 6.54. The summed E-state index contributed by atoms with van der Waals surface area (Å²) in [5, 5.41) is 5.67. The minimum absolute atomic E-state index is 0.0509. The van der Waals surface area contributed by atoms with E-state index in [4.69, 9.17) is 4.74 Å². The zero-order valence-electron chi connectivity index (χ0n) is 12.0. The van der Waals surface area contributed by atoms with Gasteiger partial charge in [0.25, 0.3) is 0 Å². The summed E-state index contributed by atoms with van der Waals surface area (Å²) in [6.07, 6.45) is 0.967. The molecule has 1 heterocycles. The minimum Gasteiger partial charge on any atom is -0.475 e. The third-order valence-electron chi connectivity index (χ3n) is 2.17. The summed E-state index contributed by atoms with van der Waals surface area (Å²) in [6, 6.07) is 1.77. The maximum absolute atomic E-state index is 11.5. The molecule has 0 aromatic carbocycles. The van der Waals surface area contributed by atoms with Crippen molar-refractivity contribution in [2.75, 3.05) is 18.4 Å². The highest BCUT2D eigenvalue weighted by molar-refractivity contribution is 5.80. The van der Waals surface area contributed by atoms with E-state index in [1.54, 1.807) is 6.07 Å². The smallest absolute Gasteiger partial charge is 0.239 e. The Morgan fingerprint density at radius 1 is 1.42 bits per heavy atom. The molecule has 0 atom stereocenters. The first kappa shape index (κ1) is 15.2. The van der Waals surface area contributed by atoms with Gasteiger partial charge in [0.1, 0.15) is 0 Å². The highest BCUT2D eigenvalue weighted by atomic mass is 16.5. The van der Waals surface area contributed by atoms with Gasteiger partial charge in [-0.3, -0.25) is 4.79 Å². The van der Waals surface area contributed by atoms with E-state index in [2.05, 4.69) is 20.6 Å². The summed E-state index contributed by atoms with van der Waals surface area (Å²) in [5.41, 5.74) is 0.794. The zero-order valence-corrected chi connectivity index (χ0v) is 12.0. The number of ether oxygens (including phenoxy) is 1. The number of nitrogens with one attached hydrogen (secondary N) is 2. The molecule has 6 nitrogen and oxygen atoms in total. The van der Waals surface area contributed by atoms with Gasteiger partial charge in [-0.1, -0.05) is 6.92 Å². The highest BCUT2D eigenvalue weighted by Gasteiger charge is 2.06. The van der Waals surface area contributed by atoms with E-state index in [0.29, 0.717) is 18.4 Å². The van der Waals surface area contributed by atoms with Gasteiger partial charge in [0.15, 0.2) is 0 Å². The van der Waals surface area contributed by atoms with Gasteiger partial charge < -0.3 is 15.4 Å². The van der Waals surface area contributed by atoms with Gasteiger partial charge >= 0.3 is 0 Å². The fourth-order valence-corrected chi connectivity index (χ4v) is 1.41. The molecule has 0 aliphatic rings. The van der Waals surface area contributed by atoms with Crippen molar-refractivity contribution in [1.82, 2.24) is 15.3 Å². The largest absolute Gasteiger partial charge is 0.475 e. The monoisotopic (exact) mass is 266 g/mol. The van der Waals surface area contributed by atoms with Crippen LogP contribution in [0, 0.1) is 6.92 Å². The van der Waals surface area contributed by atoms with Gasteiger partial charge in [0, 0.05) is 18.3 Å². The molecule has 1 aromatic heterocycles. The molecule has 0 unspecified atom stereocenters. The van der Waals surface area contributed by atoms with Crippen LogP contribution >= 0.6 is 0 Å². The molecule has 0 fully saturated rings. The van der Waals surface area contributed by atoms with Crippen LogP contribution in [0.15, 0.2) is 6.07 Å². The van der Waals surface area contributed by atoms with Crippen molar-refractivity contribution in [3.8, 4) is 5.88 Å². The van der Waals surface area contributed by atoms with E-state index in [1.807, 2.05) is 27.7 Å². The molecule has 0 saturated carbocycles. The fourth-order valence-electron chi connectivity index (χ4n) is 1.41. The Morgan fingerprint density at radius 2 is 2.16 bits per heavy atom. The molecule has 0 spiro atoms. The SMILES string of the molecule is CCCNC(=O)CNc1nc(C)cc(OC(C)C)n1. The quantitative estimate of drug-likeness (QED) is 0.782. The van der Waals surface area contributed by atoms with Gasteiger partial charge in [-0.15, -0.1) is 0 Å². The van der Waals surface area contributed by atoms with Gasteiger partial charge in [-0.25, -0.2) is 4.98 Å². The van der Waals surface area contributed by atoms with E-state index in [-0.39, 0.29) is 18.6 Å². The molecular formula is C13H22N4O2. The van der Waals surface area contributed by atoms with E-state index < -0.39 is 0 Å². The summed E-state index contributed by atoms with van der Waals surface area (Å²) in [6.45, 7) is 8.57. The molecule has 19 heavy (non-hydrogen) atoms. The Hall–Kier alpha value is -1.85. The topological polar surface area (TPSA) is 76.1 Å². The van der Waals surface area contributed by atoms with Crippen molar-refractivity contribution < 1.29 is 9.53 Å². The number of aryl methyl sites for hydroxylation is 1. The van der Waals surface area contributed by atoms with E-state index in [1.165, 1.54) is 0 Å². The molecule has 1 rings (SSSR count). The van der Waals surface area contributed by atoms with Crippen LogP contribution in [0.1, 0.15) is 32.9 Å². The molecule has 2 N–H and O–H groups in total. The van der Waals surface area contributed by atoms with Gasteiger partial charge in [-0.2, -0.15) is 4.98 Å². The second-order valence-electron chi connectivity index (χ2n) is 4.54. The Kier molecular flexibility index (Phi) is 6.05. The van der Waals surface area contributed by atoms with Crippen molar-refractivity contribution >= 4 is 11.9 Å². The number of nitrogens with zero attached hydrogens (tertiary/aromatic N) is 2. The maximum Gasteiger partial charge on any atom is 0.239 e. The van der Waals surface area contributed by atoms with Crippen LogP contribution in [-0.4, -0.2) is 35.1 Å². The van der Waals surface area contributed by atoms with Crippen LogP contribution in [0.25, 0.3) is 0 Å². The lowest BCUT2D eigenvalue weighted by Gasteiger charge is -2.11. The average molecular weight is 266 g/mol. The van der Waals surface area contributed by atoms with Gasteiger partial charge in [0.05, 0.1) is 12.6 Å². The lowest BCUT2D eigenvalue weighted by atomic mass is 10.4. The van der Waals surface area contributed by atoms with E-state index >= 15 is 0 Å². The van der Waals surface area contributed by atoms with Crippen LogP contribution in [0.2, 0.25) is 0 Å². The van der Waals surface area contributed by atoms with Crippen molar-refractivity contribution in [2.45, 2.75) is 40.2 Å². The van der Waals surface area contributed by atoms with Crippen LogP contribution in [0.5, 0.6) is 5.88 Å². The Morgan fingerprint density at radius 3 is 2.79 bits per heavy atom. The average Bonchev–Trinajstić information content (AvgIpc) is 2.32. The van der Waals surface area contributed by atoms with Crippen LogP contribution < -0.4 is 15.4 Å². The van der Waals surface area contributed by atoms with Crippen LogP contribution in [0.3, 0.4) is 0 Å².